The van der Waals surface area contributed by atoms with Crippen molar-refractivity contribution in [2.24, 2.45) is 5.73 Å². The van der Waals surface area contributed by atoms with Gasteiger partial charge in [0.1, 0.15) is 11.7 Å². The molecule has 0 aromatic rings. The van der Waals surface area contributed by atoms with Crippen LogP contribution in [0.3, 0.4) is 0 Å². The number of esters is 2. The van der Waals surface area contributed by atoms with Crippen molar-refractivity contribution in [1.82, 2.24) is 4.90 Å². The lowest BCUT2D eigenvalue weighted by atomic mass is 10.1. The van der Waals surface area contributed by atoms with Crippen LogP contribution in [0.15, 0.2) is 0 Å². The lowest BCUT2D eigenvalue weighted by Gasteiger charge is -2.22. The zero-order chi connectivity index (χ0) is 29.9. The highest BCUT2D eigenvalue weighted by atomic mass is 16.6. The average molecular weight is 569 g/mol. The maximum atomic E-state index is 12.3. The molecular formula is C34H68N2O4. The van der Waals surface area contributed by atoms with Crippen molar-refractivity contribution < 1.29 is 19.1 Å². The summed E-state index contributed by atoms with van der Waals surface area (Å²) in [6, 6.07) is 0. The van der Waals surface area contributed by atoms with E-state index in [4.69, 9.17) is 15.2 Å². The van der Waals surface area contributed by atoms with Crippen LogP contribution >= 0.6 is 0 Å². The van der Waals surface area contributed by atoms with Crippen LogP contribution in [0.2, 0.25) is 0 Å². The van der Waals surface area contributed by atoms with E-state index in [1.165, 1.54) is 77.0 Å². The number of nitrogens with two attached hydrogens (primary N) is 1. The molecule has 0 spiro atoms. The van der Waals surface area contributed by atoms with Gasteiger partial charge in [-0.3, -0.25) is 9.59 Å². The Bertz CT molecular complexity index is 591. The molecule has 238 valence electrons. The number of hydrogen-bond donors (Lipinski definition) is 1. The summed E-state index contributed by atoms with van der Waals surface area (Å²) >= 11 is 0. The minimum absolute atomic E-state index is 0.00404. The zero-order valence-corrected chi connectivity index (χ0v) is 27.4. The van der Waals surface area contributed by atoms with E-state index in [-0.39, 0.29) is 23.6 Å². The molecular weight excluding hydrogens is 500 g/mol. The molecule has 0 aliphatic rings. The van der Waals surface area contributed by atoms with E-state index in [1.807, 2.05) is 20.8 Å². The van der Waals surface area contributed by atoms with Crippen molar-refractivity contribution >= 4 is 11.9 Å². The molecule has 0 fully saturated rings. The Kier molecular flexibility index (Phi) is 26.0. The Balaban J connectivity index is 3.85. The Morgan fingerprint density at radius 2 is 1.12 bits per heavy atom. The van der Waals surface area contributed by atoms with Gasteiger partial charge in [0, 0.05) is 12.8 Å². The van der Waals surface area contributed by atoms with E-state index < -0.39 is 0 Å². The zero-order valence-electron chi connectivity index (χ0n) is 27.4. The van der Waals surface area contributed by atoms with Crippen LogP contribution in [0.5, 0.6) is 0 Å². The predicted molar refractivity (Wildman–Crippen MR) is 170 cm³/mol. The van der Waals surface area contributed by atoms with Gasteiger partial charge >= 0.3 is 11.9 Å². The van der Waals surface area contributed by atoms with Crippen LogP contribution in [0, 0.1) is 0 Å². The van der Waals surface area contributed by atoms with Crippen molar-refractivity contribution in [2.75, 3.05) is 26.2 Å². The van der Waals surface area contributed by atoms with Gasteiger partial charge in [-0.1, -0.05) is 84.5 Å². The number of unbranched alkanes of at least 4 members (excludes halogenated alkanes) is 13. The number of carbonyl (C=O) groups is 2. The van der Waals surface area contributed by atoms with E-state index >= 15 is 0 Å². The quantitative estimate of drug-likeness (QED) is 0.0750. The van der Waals surface area contributed by atoms with Crippen molar-refractivity contribution in [3.05, 3.63) is 0 Å². The Hall–Kier alpha value is -1.14. The molecule has 40 heavy (non-hydrogen) atoms. The van der Waals surface area contributed by atoms with Crippen LogP contribution < -0.4 is 5.73 Å². The van der Waals surface area contributed by atoms with Gasteiger partial charge in [0.15, 0.2) is 0 Å². The molecule has 1 unspecified atom stereocenters. The van der Waals surface area contributed by atoms with Crippen LogP contribution in [0.1, 0.15) is 169 Å². The third-order valence-corrected chi connectivity index (χ3v) is 7.44. The minimum atomic E-state index is -0.386. The Morgan fingerprint density at radius 1 is 0.650 bits per heavy atom. The second-order valence-corrected chi connectivity index (χ2v) is 12.7. The molecule has 0 aromatic heterocycles. The summed E-state index contributed by atoms with van der Waals surface area (Å²) < 4.78 is 11.1. The van der Waals surface area contributed by atoms with Crippen LogP contribution in [0.25, 0.3) is 0 Å². The predicted octanol–water partition coefficient (Wildman–Crippen LogP) is 8.73. The topological polar surface area (TPSA) is 81.9 Å². The van der Waals surface area contributed by atoms with Crippen molar-refractivity contribution in [3.63, 3.8) is 0 Å². The fourth-order valence-corrected chi connectivity index (χ4v) is 5.06. The molecule has 0 bridgehead atoms. The largest absolute Gasteiger partial charge is 0.462 e. The lowest BCUT2D eigenvalue weighted by Crippen LogP contribution is -2.28. The van der Waals surface area contributed by atoms with E-state index in [0.717, 1.165) is 71.1 Å². The van der Waals surface area contributed by atoms with Gasteiger partial charge in [0.05, 0.1) is 0 Å². The van der Waals surface area contributed by atoms with Crippen molar-refractivity contribution in [1.29, 1.82) is 0 Å². The first kappa shape index (κ1) is 38.9. The minimum Gasteiger partial charge on any atom is -0.462 e. The van der Waals surface area contributed by atoms with E-state index in [1.54, 1.807) is 0 Å². The molecule has 0 heterocycles. The van der Waals surface area contributed by atoms with Crippen molar-refractivity contribution in [2.45, 2.75) is 181 Å². The highest BCUT2D eigenvalue weighted by Gasteiger charge is 2.15. The lowest BCUT2D eigenvalue weighted by molar-refractivity contribution is -0.155. The molecule has 0 rings (SSSR count). The number of hydrogen-bond acceptors (Lipinski definition) is 6. The SMILES string of the molecule is CCCCCCCCC(CC)OC(=O)CCCCCCCN(CCCN)CCCCCCCC(=O)OC(C)(C)C. The molecule has 0 aliphatic carbocycles. The molecule has 6 heteroatoms. The second-order valence-electron chi connectivity index (χ2n) is 12.7. The maximum Gasteiger partial charge on any atom is 0.306 e. The number of carbonyl (C=O) groups excluding carboxylic acids is 2. The molecule has 6 nitrogen and oxygen atoms in total. The summed E-state index contributed by atoms with van der Waals surface area (Å²) in [5.41, 5.74) is 5.38. The number of rotatable bonds is 28. The molecule has 2 N–H and O–H groups in total. The third-order valence-electron chi connectivity index (χ3n) is 7.44. The van der Waals surface area contributed by atoms with Gasteiger partial charge in [0.2, 0.25) is 0 Å². The van der Waals surface area contributed by atoms with E-state index in [9.17, 15) is 9.59 Å². The number of ether oxygens (including phenoxy) is 2. The molecule has 0 saturated carbocycles. The van der Waals surface area contributed by atoms with Crippen LogP contribution in [-0.4, -0.2) is 54.7 Å². The summed E-state index contributed by atoms with van der Waals surface area (Å²) in [5, 5.41) is 0. The fraction of sp³-hybridized carbons (Fsp3) is 0.941. The third kappa shape index (κ3) is 27.1. The molecule has 1 atom stereocenters. The van der Waals surface area contributed by atoms with Crippen LogP contribution in [0.4, 0.5) is 0 Å². The highest BCUT2D eigenvalue weighted by molar-refractivity contribution is 5.70. The summed E-state index contributed by atoms with van der Waals surface area (Å²) in [6.07, 6.45) is 23.1. The van der Waals surface area contributed by atoms with E-state index in [2.05, 4.69) is 18.7 Å². The van der Waals surface area contributed by atoms with Gasteiger partial charge in [-0.05, 0) is 98.3 Å². The summed E-state index contributed by atoms with van der Waals surface area (Å²) in [5.74, 6) is -0.0834. The van der Waals surface area contributed by atoms with Crippen LogP contribution in [-0.2, 0) is 19.1 Å². The fourth-order valence-electron chi connectivity index (χ4n) is 5.06. The van der Waals surface area contributed by atoms with Gasteiger partial charge < -0.3 is 20.1 Å². The molecule has 0 saturated heterocycles. The number of nitrogens with zero attached hydrogens (tertiary/aromatic N) is 1. The molecule has 0 aromatic carbocycles. The van der Waals surface area contributed by atoms with Gasteiger partial charge in [-0.2, -0.15) is 0 Å². The monoisotopic (exact) mass is 569 g/mol. The normalized spacial score (nSPS) is 12.6. The first-order chi connectivity index (χ1) is 19.2. The standard InChI is InChI=1S/C34H68N2O4/c1-6-8-9-10-13-18-24-31(7-2)39-32(37)25-19-14-11-16-21-28-36(30-23-27-35)29-22-17-12-15-20-26-33(38)40-34(3,4)5/h31H,6-30,35H2,1-5H3. The summed E-state index contributed by atoms with van der Waals surface area (Å²) in [6.45, 7) is 14.2. The smallest absolute Gasteiger partial charge is 0.306 e. The molecule has 0 amide bonds. The summed E-state index contributed by atoms with van der Waals surface area (Å²) in [7, 11) is 0. The van der Waals surface area contributed by atoms with E-state index in [0.29, 0.717) is 12.8 Å². The maximum absolute atomic E-state index is 12.3. The van der Waals surface area contributed by atoms with Gasteiger partial charge in [0.25, 0.3) is 0 Å². The first-order valence-corrected chi connectivity index (χ1v) is 17.1. The van der Waals surface area contributed by atoms with Crippen molar-refractivity contribution in [3.8, 4) is 0 Å². The Labute approximate surface area is 248 Å². The molecule has 0 aliphatic heterocycles. The molecule has 0 radical (unpaired) electrons. The summed E-state index contributed by atoms with van der Waals surface area (Å²) in [4.78, 5) is 26.6. The highest BCUT2D eigenvalue weighted by Crippen LogP contribution is 2.15. The first-order valence-electron chi connectivity index (χ1n) is 17.1. The van der Waals surface area contributed by atoms with Gasteiger partial charge in [-0.25, -0.2) is 0 Å². The average Bonchev–Trinajstić information content (AvgIpc) is 2.90. The van der Waals surface area contributed by atoms with Gasteiger partial charge in [-0.15, -0.1) is 0 Å². The Morgan fingerprint density at radius 3 is 1.65 bits per heavy atom. The second kappa shape index (κ2) is 26.7.